The summed E-state index contributed by atoms with van der Waals surface area (Å²) < 4.78 is 29.9. The van der Waals surface area contributed by atoms with Gasteiger partial charge in [0.15, 0.2) is 15.6 Å². The van der Waals surface area contributed by atoms with Crippen molar-refractivity contribution >= 4 is 31.6 Å². The van der Waals surface area contributed by atoms with Gasteiger partial charge in [-0.25, -0.2) is 8.42 Å². The molecule has 6 heteroatoms. The highest BCUT2D eigenvalue weighted by atomic mass is 79.9. The number of ketones is 1. The molecule has 0 radical (unpaired) electrons. The van der Waals surface area contributed by atoms with Crippen LogP contribution in [0.5, 0.6) is 0 Å². The Bertz CT molecular complexity index is 547. The van der Waals surface area contributed by atoms with Gasteiger partial charge in [0.2, 0.25) is 0 Å². The van der Waals surface area contributed by atoms with Crippen LogP contribution in [0.15, 0.2) is 33.6 Å². The van der Waals surface area contributed by atoms with Crippen LogP contribution in [0.3, 0.4) is 0 Å². The zero-order valence-electron chi connectivity index (χ0n) is 9.63. The molecule has 0 N–H and O–H groups in total. The van der Waals surface area contributed by atoms with Gasteiger partial charge in [-0.2, -0.15) is 0 Å². The second-order valence-corrected chi connectivity index (χ2v) is 7.15. The maximum Gasteiger partial charge on any atom is 0.185 e. The lowest BCUT2D eigenvalue weighted by molar-refractivity contribution is -0.120. The van der Waals surface area contributed by atoms with Crippen molar-refractivity contribution in [2.75, 3.05) is 19.0 Å². The molecule has 0 amide bonds. The van der Waals surface area contributed by atoms with Crippen molar-refractivity contribution in [2.24, 2.45) is 5.92 Å². The lowest BCUT2D eigenvalue weighted by atomic mass is 10.1. The Morgan fingerprint density at radius 3 is 2.83 bits per heavy atom. The summed E-state index contributed by atoms with van der Waals surface area (Å²) >= 11 is 3.22. The Morgan fingerprint density at radius 1 is 1.44 bits per heavy atom. The Hall–Kier alpha value is -0.720. The second-order valence-electron chi connectivity index (χ2n) is 4.24. The molecule has 1 atom stereocenters. The number of benzene rings is 1. The number of Topliss-reactive ketones (excluding diaryl/α,β-unsaturated/α-hetero) is 1. The minimum absolute atomic E-state index is 0.171. The molecule has 0 bridgehead atoms. The lowest BCUT2D eigenvalue weighted by Crippen LogP contribution is -2.24. The summed E-state index contributed by atoms with van der Waals surface area (Å²) in [6.07, 6.45) is 0.618. The summed E-state index contributed by atoms with van der Waals surface area (Å²) in [6.45, 7) is 0.875. The molecule has 1 aliphatic heterocycles. The molecule has 1 aromatic carbocycles. The van der Waals surface area contributed by atoms with Gasteiger partial charge in [0, 0.05) is 17.0 Å². The quantitative estimate of drug-likeness (QED) is 0.843. The summed E-state index contributed by atoms with van der Waals surface area (Å²) in [6, 6.07) is 6.39. The maximum absolute atomic E-state index is 12.1. The first-order chi connectivity index (χ1) is 8.49. The van der Waals surface area contributed by atoms with Crippen molar-refractivity contribution in [3.05, 3.63) is 28.7 Å². The minimum atomic E-state index is -3.55. The SMILES string of the molecule is O=C(CS(=O)(=O)c1cccc(Br)c1)C1CCOC1. The van der Waals surface area contributed by atoms with Crippen LogP contribution in [-0.2, 0) is 19.4 Å². The second kappa shape index (κ2) is 5.50. The molecule has 0 aromatic heterocycles. The van der Waals surface area contributed by atoms with E-state index in [1.807, 2.05) is 0 Å². The summed E-state index contributed by atoms with van der Waals surface area (Å²) in [4.78, 5) is 12.0. The summed E-state index contributed by atoms with van der Waals surface area (Å²) in [5, 5.41) is 0. The van der Waals surface area contributed by atoms with Crippen LogP contribution in [0.1, 0.15) is 6.42 Å². The molecule has 0 saturated carbocycles. The van der Waals surface area contributed by atoms with Gasteiger partial charge < -0.3 is 4.74 Å². The fourth-order valence-electron chi connectivity index (χ4n) is 1.84. The van der Waals surface area contributed by atoms with E-state index in [1.54, 1.807) is 12.1 Å². The Morgan fingerprint density at radius 2 is 2.22 bits per heavy atom. The largest absolute Gasteiger partial charge is 0.381 e. The Labute approximate surface area is 114 Å². The maximum atomic E-state index is 12.1. The van der Waals surface area contributed by atoms with E-state index in [4.69, 9.17) is 4.74 Å². The minimum Gasteiger partial charge on any atom is -0.381 e. The van der Waals surface area contributed by atoms with Crippen molar-refractivity contribution < 1.29 is 17.9 Å². The van der Waals surface area contributed by atoms with Crippen LogP contribution in [-0.4, -0.2) is 33.2 Å². The van der Waals surface area contributed by atoms with E-state index in [1.165, 1.54) is 12.1 Å². The van der Waals surface area contributed by atoms with Crippen molar-refractivity contribution in [1.82, 2.24) is 0 Å². The fraction of sp³-hybridized carbons (Fsp3) is 0.417. The highest BCUT2D eigenvalue weighted by Crippen LogP contribution is 2.20. The van der Waals surface area contributed by atoms with Crippen LogP contribution < -0.4 is 0 Å². The normalized spacial score (nSPS) is 19.9. The Kier molecular flexibility index (Phi) is 4.19. The molecule has 18 heavy (non-hydrogen) atoms. The van der Waals surface area contributed by atoms with E-state index in [-0.39, 0.29) is 16.6 Å². The van der Waals surface area contributed by atoms with Gasteiger partial charge in [0.25, 0.3) is 0 Å². The van der Waals surface area contributed by atoms with Crippen LogP contribution in [0.2, 0.25) is 0 Å². The smallest absolute Gasteiger partial charge is 0.185 e. The van der Waals surface area contributed by atoms with Gasteiger partial charge in [0.05, 0.1) is 11.5 Å². The molecule has 1 aliphatic rings. The molecular weight excluding hydrogens is 320 g/mol. The standard InChI is InChI=1S/C12H13BrO4S/c13-10-2-1-3-11(6-10)18(15,16)8-12(14)9-4-5-17-7-9/h1-3,6,9H,4-5,7-8H2. The van der Waals surface area contributed by atoms with Gasteiger partial charge in [-0.05, 0) is 24.6 Å². The summed E-state index contributed by atoms with van der Waals surface area (Å²) in [5.74, 6) is -0.975. The molecule has 0 spiro atoms. The zero-order valence-corrected chi connectivity index (χ0v) is 12.0. The predicted octanol–water partition coefficient (Wildman–Crippen LogP) is 1.83. The van der Waals surface area contributed by atoms with E-state index < -0.39 is 15.6 Å². The number of hydrogen-bond acceptors (Lipinski definition) is 4. The predicted molar refractivity (Wildman–Crippen MR) is 70.1 cm³/mol. The van der Waals surface area contributed by atoms with Gasteiger partial charge >= 0.3 is 0 Å². The van der Waals surface area contributed by atoms with E-state index in [0.29, 0.717) is 24.1 Å². The van der Waals surface area contributed by atoms with Crippen molar-refractivity contribution in [2.45, 2.75) is 11.3 Å². The molecular formula is C12H13BrO4S. The van der Waals surface area contributed by atoms with Gasteiger partial charge in [-0.15, -0.1) is 0 Å². The van der Waals surface area contributed by atoms with E-state index in [2.05, 4.69) is 15.9 Å². The first-order valence-electron chi connectivity index (χ1n) is 5.58. The van der Waals surface area contributed by atoms with E-state index in [9.17, 15) is 13.2 Å². The van der Waals surface area contributed by atoms with Crippen molar-refractivity contribution in [1.29, 1.82) is 0 Å². The monoisotopic (exact) mass is 332 g/mol. The molecule has 2 rings (SSSR count). The molecule has 1 unspecified atom stereocenters. The molecule has 0 aliphatic carbocycles. The molecule has 98 valence electrons. The van der Waals surface area contributed by atoms with Gasteiger partial charge in [-0.3, -0.25) is 4.79 Å². The molecule has 4 nitrogen and oxygen atoms in total. The molecule has 1 heterocycles. The van der Waals surface area contributed by atoms with Crippen LogP contribution in [0, 0.1) is 5.92 Å². The Balaban J connectivity index is 2.14. The molecule has 1 fully saturated rings. The average Bonchev–Trinajstić information content (AvgIpc) is 2.82. The van der Waals surface area contributed by atoms with Crippen LogP contribution in [0.4, 0.5) is 0 Å². The number of carbonyl (C=O) groups excluding carboxylic acids is 1. The van der Waals surface area contributed by atoms with Crippen molar-refractivity contribution in [3.8, 4) is 0 Å². The van der Waals surface area contributed by atoms with Gasteiger partial charge in [-0.1, -0.05) is 22.0 Å². The van der Waals surface area contributed by atoms with Crippen molar-refractivity contribution in [3.63, 3.8) is 0 Å². The topological polar surface area (TPSA) is 60.4 Å². The molecule has 1 aromatic rings. The number of halogens is 1. The van der Waals surface area contributed by atoms with E-state index >= 15 is 0 Å². The number of sulfone groups is 1. The van der Waals surface area contributed by atoms with E-state index in [0.717, 1.165) is 0 Å². The molecule has 1 saturated heterocycles. The third-order valence-electron chi connectivity index (χ3n) is 2.87. The van der Waals surface area contributed by atoms with Gasteiger partial charge in [0.1, 0.15) is 5.75 Å². The highest BCUT2D eigenvalue weighted by molar-refractivity contribution is 9.10. The summed E-state index contributed by atoms with van der Waals surface area (Å²) in [7, 11) is -3.55. The fourth-order valence-corrected chi connectivity index (χ4v) is 3.76. The lowest BCUT2D eigenvalue weighted by Gasteiger charge is -2.08. The average molecular weight is 333 g/mol. The van der Waals surface area contributed by atoms with Crippen LogP contribution in [0.25, 0.3) is 0 Å². The number of carbonyl (C=O) groups is 1. The first-order valence-corrected chi connectivity index (χ1v) is 8.02. The van der Waals surface area contributed by atoms with Crippen LogP contribution >= 0.6 is 15.9 Å². The summed E-state index contributed by atoms with van der Waals surface area (Å²) in [5.41, 5.74) is 0. The number of ether oxygens (including phenoxy) is 1. The first kappa shape index (κ1) is 13.7. The highest BCUT2D eigenvalue weighted by Gasteiger charge is 2.28. The third kappa shape index (κ3) is 3.18. The number of rotatable bonds is 4. The third-order valence-corrected chi connectivity index (χ3v) is 5.00. The number of hydrogen-bond donors (Lipinski definition) is 0. The zero-order chi connectivity index (χ0) is 13.2.